The summed E-state index contributed by atoms with van der Waals surface area (Å²) >= 11 is 0. The van der Waals surface area contributed by atoms with Crippen LogP contribution >= 0.6 is 0 Å². The third-order valence-corrected chi connectivity index (χ3v) is 2.43. The lowest BCUT2D eigenvalue weighted by atomic mass is 10.1. The molecule has 0 aliphatic carbocycles. The Balaban J connectivity index is 4.00. The molecule has 0 saturated heterocycles. The van der Waals surface area contributed by atoms with Crippen LogP contribution in [-0.2, 0) is 4.79 Å². The number of carbonyl (C=O) groups is 1. The second kappa shape index (κ2) is 8.35. The molecule has 0 radical (unpaired) electrons. The first-order valence-electron chi connectivity index (χ1n) is 5.86. The van der Waals surface area contributed by atoms with E-state index in [0.29, 0.717) is 19.4 Å². The van der Waals surface area contributed by atoms with Gasteiger partial charge in [0, 0.05) is 25.4 Å². The van der Waals surface area contributed by atoms with Crippen LogP contribution < -0.4 is 0 Å². The SMILES string of the molecule is C#CCCN(C(=O)CCCCC)C(C)C. The van der Waals surface area contributed by atoms with Gasteiger partial charge >= 0.3 is 0 Å². The van der Waals surface area contributed by atoms with E-state index in [2.05, 4.69) is 12.8 Å². The zero-order valence-corrected chi connectivity index (χ0v) is 10.3. The van der Waals surface area contributed by atoms with Crippen molar-refractivity contribution in [2.75, 3.05) is 6.54 Å². The van der Waals surface area contributed by atoms with E-state index in [1.54, 1.807) is 0 Å². The van der Waals surface area contributed by atoms with Gasteiger partial charge in [-0.05, 0) is 20.3 Å². The molecule has 0 aromatic rings. The number of hydrogen-bond acceptors (Lipinski definition) is 1. The van der Waals surface area contributed by atoms with E-state index in [1.165, 1.54) is 0 Å². The predicted molar refractivity (Wildman–Crippen MR) is 64.4 cm³/mol. The average molecular weight is 209 g/mol. The summed E-state index contributed by atoms with van der Waals surface area (Å²) < 4.78 is 0. The molecule has 0 heterocycles. The summed E-state index contributed by atoms with van der Waals surface area (Å²) in [6.45, 7) is 6.91. The maximum Gasteiger partial charge on any atom is 0.222 e. The molecule has 0 unspecified atom stereocenters. The van der Waals surface area contributed by atoms with Crippen molar-refractivity contribution in [1.82, 2.24) is 4.90 Å². The second-order valence-corrected chi connectivity index (χ2v) is 4.09. The highest BCUT2D eigenvalue weighted by Gasteiger charge is 2.15. The Kier molecular flexibility index (Phi) is 7.81. The number of hydrogen-bond donors (Lipinski definition) is 0. The first-order valence-corrected chi connectivity index (χ1v) is 5.86. The van der Waals surface area contributed by atoms with Crippen molar-refractivity contribution >= 4 is 5.91 Å². The fourth-order valence-corrected chi connectivity index (χ4v) is 1.53. The van der Waals surface area contributed by atoms with E-state index in [1.807, 2.05) is 18.7 Å². The van der Waals surface area contributed by atoms with Crippen LogP contribution in [0.4, 0.5) is 0 Å². The van der Waals surface area contributed by atoms with E-state index in [9.17, 15) is 4.79 Å². The van der Waals surface area contributed by atoms with Gasteiger partial charge in [-0.1, -0.05) is 19.8 Å². The van der Waals surface area contributed by atoms with Crippen LogP contribution in [0.1, 0.15) is 52.9 Å². The van der Waals surface area contributed by atoms with Gasteiger partial charge in [0.25, 0.3) is 0 Å². The summed E-state index contributed by atoms with van der Waals surface area (Å²) in [7, 11) is 0. The molecule has 0 spiro atoms. The molecule has 0 saturated carbocycles. The van der Waals surface area contributed by atoms with E-state index in [4.69, 9.17) is 6.42 Å². The van der Waals surface area contributed by atoms with Gasteiger partial charge in [-0.15, -0.1) is 12.3 Å². The number of terminal acetylenes is 1. The molecule has 15 heavy (non-hydrogen) atoms. The second-order valence-electron chi connectivity index (χ2n) is 4.09. The molecule has 0 fully saturated rings. The first kappa shape index (κ1) is 14.0. The maximum atomic E-state index is 11.8. The Morgan fingerprint density at radius 1 is 1.40 bits per heavy atom. The van der Waals surface area contributed by atoms with E-state index in [-0.39, 0.29) is 11.9 Å². The van der Waals surface area contributed by atoms with E-state index in [0.717, 1.165) is 19.3 Å². The number of nitrogens with zero attached hydrogens (tertiary/aromatic N) is 1. The number of amides is 1. The van der Waals surface area contributed by atoms with Gasteiger partial charge < -0.3 is 4.90 Å². The third kappa shape index (κ3) is 6.17. The summed E-state index contributed by atoms with van der Waals surface area (Å²) in [5.41, 5.74) is 0. The highest BCUT2D eigenvalue weighted by molar-refractivity contribution is 5.76. The van der Waals surface area contributed by atoms with Crippen molar-refractivity contribution in [3.63, 3.8) is 0 Å². The lowest BCUT2D eigenvalue weighted by Crippen LogP contribution is -2.37. The summed E-state index contributed by atoms with van der Waals surface area (Å²) in [5.74, 6) is 2.83. The van der Waals surface area contributed by atoms with Gasteiger partial charge in [-0.2, -0.15) is 0 Å². The van der Waals surface area contributed by atoms with Crippen LogP contribution in [0.25, 0.3) is 0 Å². The fraction of sp³-hybridized carbons (Fsp3) is 0.769. The van der Waals surface area contributed by atoms with Crippen molar-refractivity contribution in [2.24, 2.45) is 0 Å². The predicted octanol–water partition coefficient (Wildman–Crippen LogP) is 2.83. The zero-order chi connectivity index (χ0) is 11.7. The lowest BCUT2D eigenvalue weighted by molar-refractivity contribution is -0.132. The minimum Gasteiger partial charge on any atom is -0.339 e. The van der Waals surface area contributed by atoms with E-state index >= 15 is 0 Å². The fourth-order valence-electron chi connectivity index (χ4n) is 1.53. The Morgan fingerprint density at radius 2 is 2.07 bits per heavy atom. The minimum absolute atomic E-state index is 0.244. The minimum atomic E-state index is 0.244. The summed E-state index contributed by atoms with van der Waals surface area (Å²) in [5, 5.41) is 0. The molecular formula is C13H23NO. The van der Waals surface area contributed by atoms with Crippen LogP contribution in [0.3, 0.4) is 0 Å². The van der Waals surface area contributed by atoms with Crippen LogP contribution in [0.15, 0.2) is 0 Å². The van der Waals surface area contributed by atoms with Crippen molar-refractivity contribution in [3.8, 4) is 12.3 Å². The highest BCUT2D eigenvalue weighted by atomic mass is 16.2. The summed E-state index contributed by atoms with van der Waals surface area (Å²) in [6.07, 6.45) is 9.80. The first-order chi connectivity index (χ1) is 7.13. The van der Waals surface area contributed by atoms with Gasteiger partial charge in [0.05, 0.1) is 0 Å². The Hall–Kier alpha value is -0.970. The van der Waals surface area contributed by atoms with E-state index < -0.39 is 0 Å². The number of rotatable bonds is 7. The van der Waals surface area contributed by atoms with Crippen molar-refractivity contribution in [2.45, 2.75) is 58.9 Å². The van der Waals surface area contributed by atoms with Crippen LogP contribution in [0.2, 0.25) is 0 Å². The van der Waals surface area contributed by atoms with Crippen molar-refractivity contribution in [3.05, 3.63) is 0 Å². The molecule has 0 aromatic heterocycles. The normalized spacial score (nSPS) is 10.1. The molecule has 2 heteroatoms. The molecule has 0 aromatic carbocycles. The zero-order valence-electron chi connectivity index (χ0n) is 10.3. The third-order valence-electron chi connectivity index (χ3n) is 2.43. The lowest BCUT2D eigenvalue weighted by Gasteiger charge is -2.26. The molecule has 1 amide bonds. The Labute approximate surface area is 94.0 Å². The maximum absolute atomic E-state index is 11.8. The molecule has 0 N–H and O–H groups in total. The molecule has 0 aliphatic heterocycles. The van der Waals surface area contributed by atoms with Crippen molar-refractivity contribution in [1.29, 1.82) is 0 Å². The number of carbonyl (C=O) groups excluding carboxylic acids is 1. The van der Waals surface area contributed by atoms with Gasteiger partial charge in [0.2, 0.25) is 5.91 Å². The van der Waals surface area contributed by atoms with Gasteiger partial charge in [0.1, 0.15) is 0 Å². The molecular weight excluding hydrogens is 186 g/mol. The molecule has 0 atom stereocenters. The van der Waals surface area contributed by atoms with Gasteiger partial charge in [-0.3, -0.25) is 4.79 Å². The molecule has 0 rings (SSSR count). The number of unbranched alkanes of at least 4 members (excludes halogenated alkanes) is 2. The van der Waals surface area contributed by atoms with Crippen molar-refractivity contribution < 1.29 is 4.79 Å². The smallest absolute Gasteiger partial charge is 0.222 e. The summed E-state index contributed by atoms with van der Waals surface area (Å²) in [6, 6.07) is 0.257. The molecule has 0 aliphatic rings. The Bertz CT molecular complexity index is 215. The highest BCUT2D eigenvalue weighted by Crippen LogP contribution is 2.07. The largest absolute Gasteiger partial charge is 0.339 e. The quantitative estimate of drug-likeness (QED) is 0.466. The van der Waals surface area contributed by atoms with Gasteiger partial charge in [-0.25, -0.2) is 0 Å². The van der Waals surface area contributed by atoms with Crippen LogP contribution in [-0.4, -0.2) is 23.4 Å². The summed E-state index contributed by atoms with van der Waals surface area (Å²) in [4.78, 5) is 13.7. The average Bonchev–Trinajstić information content (AvgIpc) is 2.18. The standard InChI is InChI=1S/C13H23NO/c1-5-7-9-10-13(15)14(12(3)4)11-8-6-2/h2,12H,5,7-11H2,1,3-4H3. The molecule has 86 valence electrons. The Morgan fingerprint density at radius 3 is 2.53 bits per heavy atom. The van der Waals surface area contributed by atoms with Gasteiger partial charge in [0.15, 0.2) is 0 Å². The van der Waals surface area contributed by atoms with Crippen LogP contribution in [0, 0.1) is 12.3 Å². The van der Waals surface area contributed by atoms with Crippen LogP contribution in [0.5, 0.6) is 0 Å². The monoisotopic (exact) mass is 209 g/mol. The topological polar surface area (TPSA) is 20.3 Å². The molecule has 2 nitrogen and oxygen atoms in total. The molecule has 0 bridgehead atoms.